The smallest absolute Gasteiger partial charge is 0.123 e. The van der Waals surface area contributed by atoms with E-state index in [1.807, 2.05) is 6.07 Å². The first kappa shape index (κ1) is 10.1. The van der Waals surface area contributed by atoms with E-state index in [1.165, 1.54) is 5.56 Å². The lowest BCUT2D eigenvalue weighted by atomic mass is 10.1. The second-order valence-electron chi connectivity index (χ2n) is 4.60. The van der Waals surface area contributed by atoms with E-state index in [9.17, 15) is 0 Å². The van der Waals surface area contributed by atoms with Crippen molar-refractivity contribution >= 4 is 0 Å². The van der Waals surface area contributed by atoms with Crippen molar-refractivity contribution in [3.05, 3.63) is 29.8 Å². The molecular weight excluding hydrogens is 200 g/mol. The number of para-hydroxylation sites is 1. The number of hydrogen-bond acceptors (Lipinski definition) is 3. The molecule has 0 unspecified atom stereocenters. The highest BCUT2D eigenvalue weighted by Gasteiger charge is 2.24. The number of piperazine rings is 1. The van der Waals surface area contributed by atoms with Crippen LogP contribution in [0.25, 0.3) is 0 Å². The van der Waals surface area contributed by atoms with Gasteiger partial charge in [0.25, 0.3) is 0 Å². The lowest BCUT2D eigenvalue weighted by molar-refractivity contribution is 0.139. The van der Waals surface area contributed by atoms with Crippen LogP contribution in [0.3, 0.4) is 0 Å². The summed E-state index contributed by atoms with van der Waals surface area (Å²) in [5.74, 6) is 1.09. The Labute approximate surface area is 96.4 Å². The Hall–Kier alpha value is -1.06. The number of nitrogens with zero attached hydrogens (tertiary/aromatic N) is 1. The van der Waals surface area contributed by atoms with Crippen LogP contribution in [0.5, 0.6) is 5.75 Å². The predicted octanol–water partition coefficient (Wildman–Crippen LogP) is 0.895. The van der Waals surface area contributed by atoms with Crippen molar-refractivity contribution in [1.29, 1.82) is 0 Å². The van der Waals surface area contributed by atoms with Crippen LogP contribution in [0.4, 0.5) is 0 Å². The molecule has 2 aliphatic heterocycles. The van der Waals surface area contributed by atoms with Gasteiger partial charge in [-0.05, 0) is 11.6 Å². The molecule has 1 fully saturated rings. The maximum Gasteiger partial charge on any atom is 0.123 e. The van der Waals surface area contributed by atoms with Crippen molar-refractivity contribution in [3.63, 3.8) is 0 Å². The van der Waals surface area contributed by atoms with E-state index < -0.39 is 0 Å². The number of fused-ring (bicyclic) bond motifs is 1. The molecule has 0 aliphatic carbocycles. The lowest BCUT2D eigenvalue weighted by Gasteiger charge is -2.29. The molecule has 3 rings (SSSR count). The van der Waals surface area contributed by atoms with Crippen LogP contribution in [-0.4, -0.2) is 43.7 Å². The van der Waals surface area contributed by atoms with Crippen LogP contribution >= 0.6 is 0 Å². The van der Waals surface area contributed by atoms with Gasteiger partial charge in [-0.1, -0.05) is 18.2 Å². The summed E-state index contributed by atoms with van der Waals surface area (Å²) in [5.41, 5.74) is 1.36. The van der Waals surface area contributed by atoms with Gasteiger partial charge in [-0.25, -0.2) is 0 Å². The molecular formula is C13H18N2O. The predicted molar refractivity (Wildman–Crippen MR) is 63.9 cm³/mol. The molecule has 1 aromatic rings. The molecule has 0 bridgehead atoms. The van der Waals surface area contributed by atoms with E-state index in [1.54, 1.807) is 0 Å². The van der Waals surface area contributed by atoms with Crippen molar-refractivity contribution in [2.75, 3.05) is 32.7 Å². The normalized spacial score (nSPS) is 25.1. The van der Waals surface area contributed by atoms with Gasteiger partial charge in [0.05, 0.1) is 0 Å². The van der Waals surface area contributed by atoms with Crippen LogP contribution in [0.1, 0.15) is 5.56 Å². The van der Waals surface area contributed by atoms with Gasteiger partial charge in [-0.15, -0.1) is 0 Å². The van der Waals surface area contributed by atoms with Gasteiger partial charge in [-0.2, -0.15) is 0 Å². The molecule has 3 nitrogen and oxygen atoms in total. The summed E-state index contributed by atoms with van der Waals surface area (Å²) >= 11 is 0. The summed E-state index contributed by atoms with van der Waals surface area (Å²) in [6.07, 6.45) is 1.43. The zero-order chi connectivity index (χ0) is 10.8. The quantitative estimate of drug-likeness (QED) is 0.798. The largest absolute Gasteiger partial charge is 0.488 e. The summed E-state index contributed by atoms with van der Waals surface area (Å²) in [6, 6.07) is 8.39. The van der Waals surface area contributed by atoms with Gasteiger partial charge in [0.15, 0.2) is 0 Å². The van der Waals surface area contributed by atoms with Crippen molar-refractivity contribution in [1.82, 2.24) is 10.2 Å². The molecule has 1 saturated heterocycles. The number of ether oxygens (including phenoxy) is 1. The molecule has 3 heteroatoms. The summed E-state index contributed by atoms with van der Waals surface area (Å²) in [4.78, 5) is 2.49. The van der Waals surface area contributed by atoms with Gasteiger partial charge < -0.3 is 10.1 Å². The van der Waals surface area contributed by atoms with Gasteiger partial charge in [-0.3, -0.25) is 4.90 Å². The third kappa shape index (κ3) is 2.06. The number of hydrogen-bond donors (Lipinski definition) is 1. The fraction of sp³-hybridized carbons (Fsp3) is 0.538. The molecule has 0 radical (unpaired) electrons. The second kappa shape index (κ2) is 4.44. The number of rotatable bonds is 2. The molecule has 1 aromatic carbocycles. The minimum atomic E-state index is 0.357. The maximum atomic E-state index is 5.95. The summed E-state index contributed by atoms with van der Waals surface area (Å²) in [5, 5.41) is 3.37. The topological polar surface area (TPSA) is 24.5 Å². The first-order valence-electron chi connectivity index (χ1n) is 6.09. The Kier molecular flexibility index (Phi) is 2.80. The van der Waals surface area contributed by atoms with Gasteiger partial charge in [0.2, 0.25) is 0 Å². The van der Waals surface area contributed by atoms with Crippen LogP contribution in [0.2, 0.25) is 0 Å². The second-order valence-corrected chi connectivity index (χ2v) is 4.60. The highest BCUT2D eigenvalue weighted by atomic mass is 16.5. The van der Waals surface area contributed by atoms with Gasteiger partial charge >= 0.3 is 0 Å². The molecule has 0 amide bonds. The Balaban J connectivity index is 1.59. The number of nitrogens with one attached hydrogen (secondary N) is 1. The van der Waals surface area contributed by atoms with E-state index in [-0.39, 0.29) is 0 Å². The average molecular weight is 218 g/mol. The third-order valence-electron chi connectivity index (χ3n) is 3.39. The van der Waals surface area contributed by atoms with Crippen LogP contribution in [-0.2, 0) is 6.42 Å². The zero-order valence-corrected chi connectivity index (χ0v) is 9.48. The lowest BCUT2D eigenvalue weighted by Crippen LogP contribution is -2.47. The SMILES string of the molecule is c1ccc2c(c1)C[C@@H](CN1CCNCC1)O2. The molecule has 2 aliphatic rings. The maximum absolute atomic E-state index is 5.95. The standard InChI is InChI=1S/C13H18N2O/c1-2-4-13-11(3-1)9-12(16-13)10-15-7-5-14-6-8-15/h1-4,12,14H,5-10H2/t12-/m0/s1. The molecule has 16 heavy (non-hydrogen) atoms. The molecule has 0 saturated carbocycles. The Morgan fingerprint density at radius 2 is 2.06 bits per heavy atom. The van der Waals surface area contributed by atoms with E-state index in [0.717, 1.165) is 44.9 Å². The summed E-state index contributed by atoms with van der Waals surface area (Å²) < 4.78 is 5.95. The van der Waals surface area contributed by atoms with Crippen LogP contribution in [0.15, 0.2) is 24.3 Å². The van der Waals surface area contributed by atoms with Crippen molar-refractivity contribution < 1.29 is 4.74 Å². The van der Waals surface area contributed by atoms with E-state index in [4.69, 9.17) is 4.74 Å². The first-order valence-corrected chi connectivity index (χ1v) is 6.09. The molecule has 0 spiro atoms. The molecule has 2 heterocycles. The Morgan fingerprint density at radius 1 is 1.25 bits per heavy atom. The van der Waals surface area contributed by atoms with Crippen LogP contribution in [0, 0.1) is 0 Å². The fourth-order valence-corrected chi connectivity index (χ4v) is 2.54. The molecule has 1 atom stereocenters. The van der Waals surface area contributed by atoms with Crippen molar-refractivity contribution in [2.24, 2.45) is 0 Å². The Morgan fingerprint density at radius 3 is 2.88 bits per heavy atom. The highest BCUT2D eigenvalue weighted by Crippen LogP contribution is 2.28. The minimum Gasteiger partial charge on any atom is -0.488 e. The highest BCUT2D eigenvalue weighted by molar-refractivity contribution is 5.37. The van der Waals surface area contributed by atoms with E-state index in [2.05, 4.69) is 28.4 Å². The summed E-state index contributed by atoms with van der Waals surface area (Å²) in [7, 11) is 0. The monoisotopic (exact) mass is 218 g/mol. The van der Waals surface area contributed by atoms with Crippen LogP contribution < -0.4 is 10.1 Å². The van der Waals surface area contributed by atoms with Gasteiger partial charge in [0.1, 0.15) is 11.9 Å². The van der Waals surface area contributed by atoms with E-state index in [0.29, 0.717) is 6.10 Å². The molecule has 0 aromatic heterocycles. The average Bonchev–Trinajstić information content (AvgIpc) is 2.72. The molecule has 1 N–H and O–H groups in total. The molecule has 86 valence electrons. The van der Waals surface area contributed by atoms with E-state index >= 15 is 0 Å². The third-order valence-corrected chi connectivity index (χ3v) is 3.39. The zero-order valence-electron chi connectivity index (χ0n) is 9.48. The number of benzene rings is 1. The minimum absolute atomic E-state index is 0.357. The van der Waals surface area contributed by atoms with Crippen molar-refractivity contribution in [2.45, 2.75) is 12.5 Å². The fourth-order valence-electron chi connectivity index (χ4n) is 2.54. The first-order chi connectivity index (χ1) is 7.92. The van der Waals surface area contributed by atoms with Crippen molar-refractivity contribution in [3.8, 4) is 5.75 Å². The Bertz CT molecular complexity index is 336. The van der Waals surface area contributed by atoms with Gasteiger partial charge in [0, 0.05) is 39.1 Å². The summed E-state index contributed by atoms with van der Waals surface area (Å²) in [6.45, 7) is 5.59.